The van der Waals surface area contributed by atoms with Gasteiger partial charge in [-0.05, 0) is 38.5 Å². The lowest BCUT2D eigenvalue weighted by Crippen LogP contribution is -2.18. The monoisotopic (exact) mass is 315 g/mol. The minimum Gasteiger partial charge on any atom is -0.386 e. The number of aromatic nitrogens is 1. The smallest absolute Gasteiger partial charge is 0.0860 e. The second-order valence-electron chi connectivity index (χ2n) is 6.77. The van der Waals surface area contributed by atoms with Gasteiger partial charge in [0.1, 0.15) is 0 Å². The van der Waals surface area contributed by atoms with Crippen LogP contribution in [0.1, 0.15) is 37.1 Å². The van der Waals surface area contributed by atoms with Crippen LogP contribution in [-0.2, 0) is 5.60 Å². The third-order valence-electron chi connectivity index (χ3n) is 4.59. The molecule has 0 atom stereocenters. The summed E-state index contributed by atoms with van der Waals surface area (Å²) in [4.78, 5) is 0. The standard InChI is InChI=1S/C22H21NO/c1-22(2,24)18-12-7-9-15-21(18)23-19-13-5-3-4-10-16(19)17-11-6-8-14-20(17)23/h4-15,24H,3H2,1-2H3. The van der Waals surface area contributed by atoms with E-state index in [1.54, 1.807) is 0 Å². The van der Waals surface area contributed by atoms with Crippen molar-refractivity contribution < 1.29 is 5.11 Å². The van der Waals surface area contributed by atoms with Gasteiger partial charge in [-0.25, -0.2) is 0 Å². The lowest BCUT2D eigenvalue weighted by molar-refractivity contribution is 0.0786. The molecule has 3 aromatic rings. The van der Waals surface area contributed by atoms with Crippen molar-refractivity contribution in [2.75, 3.05) is 0 Å². The SMILES string of the molecule is CC(C)(O)c1ccccc1-n1c2c(c3ccccc31)C=CCC=C2. The Hall–Kier alpha value is -2.58. The van der Waals surface area contributed by atoms with E-state index in [2.05, 4.69) is 59.2 Å². The molecule has 0 unspecified atom stereocenters. The van der Waals surface area contributed by atoms with E-state index in [1.807, 2.05) is 32.0 Å². The van der Waals surface area contributed by atoms with Crippen molar-refractivity contribution in [3.05, 3.63) is 77.5 Å². The predicted octanol–water partition coefficient (Wildman–Crippen LogP) is 5.29. The molecule has 2 heteroatoms. The van der Waals surface area contributed by atoms with Gasteiger partial charge in [-0.15, -0.1) is 0 Å². The van der Waals surface area contributed by atoms with Crippen LogP contribution >= 0.6 is 0 Å². The number of aliphatic hydroxyl groups is 1. The first-order valence-electron chi connectivity index (χ1n) is 8.36. The Bertz CT molecular complexity index is 967. The lowest BCUT2D eigenvalue weighted by Gasteiger charge is -2.23. The predicted molar refractivity (Wildman–Crippen MR) is 101 cm³/mol. The Morgan fingerprint density at radius 1 is 0.917 bits per heavy atom. The summed E-state index contributed by atoms with van der Waals surface area (Å²) in [6.45, 7) is 3.68. The second kappa shape index (κ2) is 5.50. The highest BCUT2D eigenvalue weighted by atomic mass is 16.3. The molecule has 2 aromatic carbocycles. The number of hydrogen-bond donors (Lipinski definition) is 1. The maximum atomic E-state index is 10.7. The van der Waals surface area contributed by atoms with Crippen molar-refractivity contribution in [1.29, 1.82) is 0 Å². The third-order valence-corrected chi connectivity index (χ3v) is 4.59. The largest absolute Gasteiger partial charge is 0.386 e. The third kappa shape index (κ3) is 2.31. The van der Waals surface area contributed by atoms with E-state index in [0.29, 0.717) is 0 Å². The highest BCUT2D eigenvalue weighted by Crippen LogP contribution is 2.36. The average Bonchev–Trinajstić information content (AvgIpc) is 2.71. The fraction of sp³-hybridized carbons (Fsp3) is 0.182. The van der Waals surface area contributed by atoms with E-state index in [4.69, 9.17) is 0 Å². The van der Waals surface area contributed by atoms with Crippen molar-refractivity contribution in [2.45, 2.75) is 25.9 Å². The highest BCUT2D eigenvalue weighted by molar-refractivity contribution is 5.96. The number of allylic oxidation sites excluding steroid dienone is 2. The van der Waals surface area contributed by atoms with Gasteiger partial charge in [-0.2, -0.15) is 0 Å². The van der Waals surface area contributed by atoms with Crippen LogP contribution < -0.4 is 0 Å². The van der Waals surface area contributed by atoms with Gasteiger partial charge in [0.05, 0.1) is 22.5 Å². The molecule has 1 aliphatic carbocycles. The molecule has 1 N–H and O–H groups in total. The van der Waals surface area contributed by atoms with Gasteiger partial charge in [0.15, 0.2) is 0 Å². The van der Waals surface area contributed by atoms with Gasteiger partial charge in [0.25, 0.3) is 0 Å². The van der Waals surface area contributed by atoms with Gasteiger partial charge < -0.3 is 9.67 Å². The van der Waals surface area contributed by atoms with Crippen LogP contribution in [0.5, 0.6) is 0 Å². The molecule has 0 fully saturated rings. The molecule has 4 rings (SSSR count). The summed E-state index contributed by atoms with van der Waals surface area (Å²) in [5, 5.41) is 11.9. The zero-order valence-electron chi connectivity index (χ0n) is 14.0. The topological polar surface area (TPSA) is 25.2 Å². The van der Waals surface area contributed by atoms with Crippen LogP contribution in [0, 0.1) is 0 Å². The first kappa shape index (κ1) is 15.0. The molecule has 1 heterocycles. The molecule has 1 aliphatic rings. The molecule has 0 spiro atoms. The van der Waals surface area contributed by atoms with Gasteiger partial charge >= 0.3 is 0 Å². The molecule has 120 valence electrons. The maximum absolute atomic E-state index is 10.7. The van der Waals surface area contributed by atoms with E-state index >= 15 is 0 Å². The molecule has 1 aromatic heterocycles. The van der Waals surface area contributed by atoms with Crippen molar-refractivity contribution in [3.63, 3.8) is 0 Å². The van der Waals surface area contributed by atoms with Crippen molar-refractivity contribution >= 4 is 23.1 Å². The zero-order chi connectivity index (χ0) is 16.7. The summed E-state index contributed by atoms with van der Waals surface area (Å²) in [6, 6.07) is 16.6. The summed E-state index contributed by atoms with van der Waals surface area (Å²) >= 11 is 0. The highest BCUT2D eigenvalue weighted by Gasteiger charge is 2.23. The van der Waals surface area contributed by atoms with E-state index in [1.165, 1.54) is 16.6 Å². The Labute approximate surface area is 142 Å². The summed E-state index contributed by atoms with van der Waals surface area (Å²) in [5.41, 5.74) is 4.62. The van der Waals surface area contributed by atoms with Crippen LogP contribution in [0.4, 0.5) is 0 Å². The number of nitrogens with zero attached hydrogens (tertiary/aromatic N) is 1. The van der Waals surface area contributed by atoms with Gasteiger partial charge in [0, 0.05) is 16.5 Å². The first-order chi connectivity index (χ1) is 11.6. The first-order valence-corrected chi connectivity index (χ1v) is 8.36. The van der Waals surface area contributed by atoms with E-state index in [0.717, 1.165) is 23.2 Å². The van der Waals surface area contributed by atoms with Crippen LogP contribution in [0.2, 0.25) is 0 Å². The Morgan fingerprint density at radius 2 is 1.62 bits per heavy atom. The van der Waals surface area contributed by atoms with Gasteiger partial charge in [-0.3, -0.25) is 0 Å². The minimum absolute atomic E-state index is 0.904. The quantitative estimate of drug-likeness (QED) is 0.683. The molecule has 0 saturated heterocycles. The average molecular weight is 315 g/mol. The second-order valence-corrected chi connectivity index (χ2v) is 6.77. The molecule has 0 bridgehead atoms. The zero-order valence-corrected chi connectivity index (χ0v) is 14.0. The van der Waals surface area contributed by atoms with E-state index < -0.39 is 5.60 Å². The number of rotatable bonds is 2. The van der Waals surface area contributed by atoms with Crippen LogP contribution in [-0.4, -0.2) is 9.67 Å². The van der Waals surface area contributed by atoms with Crippen molar-refractivity contribution in [1.82, 2.24) is 4.57 Å². The van der Waals surface area contributed by atoms with E-state index in [9.17, 15) is 5.11 Å². The maximum Gasteiger partial charge on any atom is 0.0860 e. The molecular weight excluding hydrogens is 294 g/mol. The molecule has 0 radical (unpaired) electrons. The number of para-hydroxylation sites is 2. The Kier molecular flexibility index (Phi) is 3.43. The van der Waals surface area contributed by atoms with E-state index in [-0.39, 0.29) is 0 Å². The summed E-state index contributed by atoms with van der Waals surface area (Å²) in [6.07, 6.45) is 9.72. The molecule has 0 saturated carbocycles. The van der Waals surface area contributed by atoms with Crippen LogP contribution in [0.3, 0.4) is 0 Å². The van der Waals surface area contributed by atoms with Crippen LogP contribution in [0.25, 0.3) is 28.7 Å². The number of fused-ring (bicyclic) bond motifs is 3. The van der Waals surface area contributed by atoms with Crippen molar-refractivity contribution in [3.8, 4) is 5.69 Å². The normalized spacial score (nSPS) is 14.0. The lowest BCUT2D eigenvalue weighted by atomic mass is 9.96. The fourth-order valence-electron chi connectivity index (χ4n) is 3.51. The summed E-state index contributed by atoms with van der Waals surface area (Å²) in [7, 11) is 0. The molecule has 0 amide bonds. The van der Waals surface area contributed by atoms with Crippen molar-refractivity contribution in [2.24, 2.45) is 0 Å². The number of hydrogen-bond acceptors (Lipinski definition) is 1. The summed E-state index contributed by atoms with van der Waals surface area (Å²) in [5.74, 6) is 0. The molecule has 2 nitrogen and oxygen atoms in total. The molecule has 24 heavy (non-hydrogen) atoms. The Morgan fingerprint density at radius 3 is 2.46 bits per heavy atom. The minimum atomic E-state index is -0.904. The molecule has 0 aliphatic heterocycles. The summed E-state index contributed by atoms with van der Waals surface area (Å²) < 4.78 is 2.27. The number of benzene rings is 2. The Balaban J connectivity index is 2.13. The molecular formula is C22H21NO. The fourth-order valence-corrected chi connectivity index (χ4v) is 3.51. The van der Waals surface area contributed by atoms with Crippen LogP contribution in [0.15, 0.2) is 60.7 Å². The van der Waals surface area contributed by atoms with Gasteiger partial charge in [-0.1, -0.05) is 54.6 Å². The van der Waals surface area contributed by atoms with Gasteiger partial charge in [0.2, 0.25) is 0 Å².